The van der Waals surface area contributed by atoms with Crippen LogP contribution >= 0.6 is 0 Å². The second kappa shape index (κ2) is 6.14. The minimum Gasteiger partial charge on any atom is -0.467 e. The molecule has 0 radical (unpaired) electrons. The molecule has 1 aromatic rings. The number of methoxy groups -OCH3 is 1. The van der Waals surface area contributed by atoms with Crippen molar-refractivity contribution in [2.45, 2.75) is 12.8 Å². The van der Waals surface area contributed by atoms with E-state index in [-0.39, 0.29) is 0 Å². The number of nitrogens with zero attached hydrogens (tertiary/aromatic N) is 2. The number of primary amides is 1. The number of nitrogens with one attached hydrogen (secondary N) is 1. The van der Waals surface area contributed by atoms with Gasteiger partial charge >= 0.3 is 6.01 Å². The molecule has 19 heavy (non-hydrogen) atoms. The topological polar surface area (TPSA) is 99.4 Å². The minimum atomic E-state index is -0.428. The highest BCUT2D eigenvalue weighted by atomic mass is 16.5. The minimum absolute atomic E-state index is 0.291. The van der Waals surface area contributed by atoms with Gasteiger partial charge in [-0.15, -0.1) is 0 Å². The number of aromatic nitrogens is 2. The molecule has 0 unspecified atom stereocenters. The average Bonchev–Trinajstić information content (AvgIpc) is 2.65. The van der Waals surface area contributed by atoms with Crippen LogP contribution < -0.4 is 15.8 Å². The van der Waals surface area contributed by atoms with Gasteiger partial charge in [0.05, 0.1) is 38.4 Å². The van der Waals surface area contributed by atoms with Crippen molar-refractivity contribution in [3.63, 3.8) is 0 Å². The predicted octanol–water partition coefficient (Wildman–Crippen LogP) is 0.447. The van der Waals surface area contributed by atoms with E-state index in [0.717, 1.165) is 5.70 Å². The van der Waals surface area contributed by atoms with Gasteiger partial charge in [0.25, 0.3) is 0 Å². The molecule has 102 valence electrons. The lowest BCUT2D eigenvalue weighted by molar-refractivity contribution is -0.114. The fourth-order valence-corrected chi connectivity index (χ4v) is 1.82. The standard InChI is InChI=1S/C12H16N4O3/c1-18-12-14-6-8(7-15-12)16-10-3-5-19-4-2-9(10)11(13)17/h6-7,16H,2-5H2,1H3,(H2,13,17). The van der Waals surface area contributed by atoms with Crippen LogP contribution in [0.25, 0.3) is 0 Å². The molecule has 0 aliphatic carbocycles. The molecule has 1 aliphatic rings. The van der Waals surface area contributed by atoms with E-state index in [0.29, 0.717) is 43.3 Å². The normalized spacial score (nSPS) is 15.8. The number of rotatable bonds is 4. The molecule has 0 saturated heterocycles. The fraction of sp³-hybridized carbons (Fsp3) is 0.417. The Balaban J connectivity index is 2.19. The van der Waals surface area contributed by atoms with E-state index in [4.69, 9.17) is 15.2 Å². The van der Waals surface area contributed by atoms with Crippen LogP contribution in [0.1, 0.15) is 12.8 Å². The van der Waals surface area contributed by atoms with Gasteiger partial charge < -0.3 is 20.5 Å². The molecule has 1 amide bonds. The summed E-state index contributed by atoms with van der Waals surface area (Å²) in [6.45, 7) is 1.05. The van der Waals surface area contributed by atoms with Crippen LogP contribution in [0.15, 0.2) is 23.7 Å². The van der Waals surface area contributed by atoms with Crippen molar-refractivity contribution in [1.82, 2.24) is 9.97 Å². The Kier molecular flexibility index (Phi) is 4.30. The van der Waals surface area contributed by atoms with E-state index in [1.54, 1.807) is 12.4 Å². The van der Waals surface area contributed by atoms with E-state index >= 15 is 0 Å². The summed E-state index contributed by atoms with van der Waals surface area (Å²) in [6, 6.07) is 0.291. The Morgan fingerprint density at radius 1 is 1.37 bits per heavy atom. The van der Waals surface area contributed by atoms with Crippen LogP contribution in [0.4, 0.5) is 5.69 Å². The lowest BCUT2D eigenvalue weighted by Gasteiger charge is -2.12. The van der Waals surface area contributed by atoms with Crippen LogP contribution in [0.5, 0.6) is 6.01 Å². The lowest BCUT2D eigenvalue weighted by Crippen LogP contribution is -2.18. The van der Waals surface area contributed by atoms with Crippen LogP contribution in [-0.4, -0.2) is 36.2 Å². The maximum absolute atomic E-state index is 11.4. The molecule has 0 aromatic carbocycles. The number of amides is 1. The Bertz CT molecular complexity index is 484. The van der Waals surface area contributed by atoms with Gasteiger partial charge in [-0.05, 0) is 0 Å². The van der Waals surface area contributed by atoms with Gasteiger partial charge in [0, 0.05) is 24.1 Å². The average molecular weight is 264 g/mol. The highest BCUT2D eigenvalue weighted by Gasteiger charge is 2.16. The molecule has 7 nitrogen and oxygen atoms in total. The first kappa shape index (κ1) is 13.3. The van der Waals surface area contributed by atoms with E-state index in [2.05, 4.69) is 15.3 Å². The van der Waals surface area contributed by atoms with E-state index < -0.39 is 5.91 Å². The third-order valence-corrected chi connectivity index (χ3v) is 2.76. The number of carbonyl (C=O) groups excluding carboxylic acids is 1. The summed E-state index contributed by atoms with van der Waals surface area (Å²) in [5.74, 6) is -0.428. The molecule has 0 bridgehead atoms. The number of carbonyl (C=O) groups is 1. The predicted molar refractivity (Wildman–Crippen MR) is 68.5 cm³/mol. The van der Waals surface area contributed by atoms with Crippen LogP contribution in [0.3, 0.4) is 0 Å². The quantitative estimate of drug-likeness (QED) is 0.819. The summed E-state index contributed by atoms with van der Waals surface area (Å²) in [7, 11) is 1.50. The van der Waals surface area contributed by atoms with Gasteiger partial charge in [-0.2, -0.15) is 0 Å². The van der Waals surface area contributed by atoms with Crippen molar-refractivity contribution in [1.29, 1.82) is 0 Å². The Labute approximate surface area is 110 Å². The zero-order valence-corrected chi connectivity index (χ0v) is 10.7. The number of hydrogen-bond acceptors (Lipinski definition) is 6. The summed E-state index contributed by atoms with van der Waals surface area (Å²) in [5, 5.41) is 3.12. The third kappa shape index (κ3) is 3.41. The molecule has 1 aliphatic heterocycles. The molecule has 0 atom stereocenters. The molecule has 2 rings (SSSR count). The van der Waals surface area contributed by atoms with Gasteiger partial charge in [-0.3, -0.25) is 4.79 Å². The molecule has 1 aromatic heterocycles. The lowest BCUT2D eigenvalue weighted by atomic mass is 10.1. The number of ether oxygens (including phenoxy) is 2. The third-order valence-electron chi connectivity index (χ3n) is 2.76. The molecule has 3 N–H and O–H groups in total. The van der Waals surface area contributed by atoms with Crippen molar-refractivity contribution in [3.8, 4) is 6.01 Å². The second-order valence-corrected chi connectivity index (χ2v) is 4.02. The highest BCUT2D eigenvalue weighted by Crippen LogP contribution is 2.19. The highest BCUT2D eigenvalue weighted by molar-refractivity contribution is 5.93. The molecule has 0 saturated carbocycles. The zero-order chi connectivity index (χ0) is 13.7. The first-order chi connectivity index (χ1) is 9.20. The summed E-state index contributed by atoms with van der Waals surface area (Å²) in [6.07, 6.45) is 4.28. The fourth-order valence-electron chi connectivity index (χ4n) is 1.82. The van der Waals surface area contributed by atoms with Gasteiger partial charge in [0.1, 0.15) is 0 Å². The Hall–Kier alpha value is -2.15. The van der Waals surface area contributed by atoms with Gasteiger partial charge in [0.15, 0.2) is 0 Å². The molecular weight excluding hydrogens is 248 g/mol. The maximum atomic E-state index is 11.4. The number of anilines is 1. The largest absolute Gasteiger partial charge is 0.467 e. The first-order valence-electron chi connectivity index (χ1n) is 5.93. The van der Waals surface area contributed by atoms with Crippen molar-refractivity contribution in [3.05, 3.63) is 23.7 Å². The summed E-state index contributed by atoms with van der Waals surface area (Å²) in [4.78, 5) is 19.4. The van der Waals surface area contributed by atoms with E-state index in [9.17, 15) is 4.79 Å². The van der Waals surface area contributed by atoms with Crippen molar-refractivity contribution >= 4 is 11.6 Å². The second-order valence-electron chi connectivity index (χ2n) is 4.02. The summed E-state index contributed by atoms with van der Waals surface area (Å²) < 4.78 is 10.2. The SMILES string of the molecule is COc1ncc(NC2=C(C(N)=O)CCOCC2)cn1. The van der Waals surface area contributed by atoms with Crippen molar-refractivity contribution in [2.75, 3.05) is 25.6 Å². The summed E-state index contributed by atoms with van der Waals surface area (Å²) in [5.41, 5.74) is 7.39. The number of hydrogen-bond donors (Lipinski definition) is 2. The molecule has 7 heteroatoms. The molecule has 2 heterocycles. The van der Waals surface area contributed by atoms with Crippen LogP contribution in [0.2, 0.25) is 0 Å². The van der Waals surface area contributed by atoms with Crippen molar-refractivity contribution < 1.29 is 14.3 Å². The first-order valence-corrected chi connectivity index (χ1v) is 5.93. The van der Waals surface area contributed by atoms with Gasteiger partial charge in [-0.25, -0.2) is 9.97 Å². The summed E-state index contributed by atoms with van der Waals surface area (Å²) >= 11 is 0. The van der Waals surface area contributed by atoms with Crippen LogP contribution in [0, 0.1) is 0 Å². The maximum Gasteiger partial charge on any atom is 0.316 e. The Morgan fingerprint density at radius 2 is 2.05 bits per heavy atom. The van der Waals surface area contributed by atoms with Gasteiger partial charge in [-0.1, -0.05) is 0 Å². The number of nitrogens with two attached hydrogens (primary N) is 1. The molecular formula is C12H16N4O3. The van der Waals surface area contributed by atoms with Crippen LogP contribution in [-0.2, 0) is 9.53 Å². The van der Waals surface area contributed by atoms with Gasteiger partial charge in [0.2, 0.25) is 5.91 Å². The van der Waals surface area contributed by atoms with E-state index in [1.165, 1.54) is 7.11 Å². The Morgan fingerprint density at radius 3 is 2.68 bits per heavy atom. The van der Waals surface area contributed by atoms with E-state index in [1.807, 2.05) is 0 Å². The molecule has 0 fully saturated rings. The molecule has 0 spiro atoms. The monoisotopic (exact) mass is 264 g/mol. The van der Waals surface area contributed by atoms with Crippen molar-refractivity contribution in [2.24, 2.45) is 5.73 Å². The zero-order valence-electron chi connectivity index (χ0n) is 10.7. The smallest absolute Gasteiger partial charge is 0.316 e.